The van der Waals surface area contributed by atoms with Crippen molar-refractivity contribution in [3.8, 4) is 11.3 Å². The number of H-pyrrole nitrogens is 2. The van der Waals surface area contributed by atoms with E-state index in [-0.39, 0.29) is 5.56 Å². The van der Waals surface area contributed by atoms with Gasteiger partial charge in [-0.05, 0) is 24.3 Å². The molecule has 1 aromatic carbocycles. The van der Waals surface area contributed by atoms with Gasteiger partial charge in [0.1, 0.15) is 22.2 Å². The zero-order valence-corrected chi connectivity index (χ0v) is 13.8. The predicted octanol–water partition coefficient (Wildman–Crippen LogP) is 3.71. The fraction of sp³-hybridized carbons (Fsp3) is 0.0556. The number of rotatable bonds is 3. The minimum Gasteiger partial charge on any atom is -0.464 e. The summed E-state index contributed by atoms with van der Waals surface area (Å²) in [6.07, 6.45) is 2.03. The van der Waals surface area contributed by atoms with Crippen molar-refractivity contribution in [2.45, 2.75) is 6.42 Å². The van der Waals surface area contributed by atoms with Crippen molar-refractivity contribution in [1.29, 1.82) is 0 Å². The molecule has 0 fully saturated rings. The van der Waals surface area contributed by atoms with Crippen LogP contribution < -0.4 is 5.56 Å². The van der Waals surface area contributed by atoms with Crippen LogP contribution in [0.15, 0.2) is 57.3 Å². The lowest BCUT2D eigenvalue weighted by Crippen LogP contribution is -2.12. The topological polar surface area (TPSA) is 87.6 Å². The van der Waals surface area contributed by atoms with Crippen molar-refractivity contribution >= 4 is 32.6 Å². The number of furan rings is 1. The average Bonchev–Trinajstić information content (AvgIpc) is 3.33. The molecular weight excluding hydrogens is 336 g/mol. The second-order valence-corrected chi connectivity index (χ2v) is 6.55. The molecule has 0 bridgehead atoms. The van der Waals surface area contributed by atoms with Crippen LogP contribution in [0.3, 0.4) is 0 Å². The molecule has 4 heterocycles. The molecule has 0 aliphatic rings. The first-order chi connectivity index (χ1) is 12.3. The normalized spacial score (nSPS) is 11.5. The minimum absolute atomic E-state index is 0.163. The number of hydrogen-bond donors (Lipinski definition) is 2. The maximum Gasteiger partial charge on any atom is 0.260 e. The average molecular weight is 348 g/mol. The Labute approximate surface area is 145 Å². The van der Waals surface area contributed by atoms with Crippen LogP contribution in [0.4, 0.5) is 0 Å². The van der Waals surface area contributed by atoms with Gasteiger partial charge < -0.3 is 14.4 Å². The van der Waals surface area contributed by atoms with E-state index >= 15 is 0 Å². The van der Waals surface area contributed by atoms with E-state index in [9.17, 15) is 4.79 Å². The van der Waals surface area contributed by atoms with Crippen molar-refractivity contribution in [2.75, 3.05) is 0 Å². The lowest BCUT2D eigenvalue weighted by Gasteiger charge is -1.99. The first-order valence-electron chi connectivity index (χ1n) is 7.76. The molecule has 122 valence electrons. The first-order valence-corrected chi connectivity index (χ1v) is 8.64. The highest BCUT2D eigenvalue weighted by molar-refractivity contribution is 7.17. The predicted molar refractivity (Wildman–Crippen MR) is 96.8 cm³/mol. The summed E-state index contributed by atoms with van der Waals surface area (Å²) in [5.74, 6) is 2.03. The van der Waals surface area contributed by atoms with Gasteiger partial charge in [0.05, 0.1) is 29.1 Å². The summed E-state index contributed by atoms with van der Waals surface area (Å²) in [5.41, 5.74) is 2.48. The fourth-order valence-corrected chi connectivity index (χ4v) is 3.89. The van der Waals surface area contributed by atoms with E-state index in [2.05, 4.69) is 19.9 Å². The van der Waals surface area contributed by atoms with Crippen molar-refractivity contribution < 1.29 is 4.42 Å². The van der Waals surface area contributed by atoms with Crippen LogP contribution in [0.2, 0.25) is 0 Å². The maximum atomic E-state index is 12.6. The number of thiophene rings is 1. The molecule has 7 heteroatoms. The molecule has 0 saturated carbocycles. The van der Waals surface area contributed by atoms with Gasteiger partial charge in [-0.25, -0.2) is 9.97 Å². The summed E-state index contributed by atoms with van der Waals surface area (Å²) in [6, 6.07) is 11.5. The number of aromatic nitrogens is 4. The molecular formula is C18H12N4O2S. The number of nitrogens with one attached hydrogen (secondary N) is 2. The Balaban J connectivity index is 1.57. The summed E-state index contributed by atoms with van der Waals surface area (Å²) < 4.78 is 5.41. The summed E-state index contributed by atoms with van der Waals surface area (Å²) in [7, 11) is 0. The van der Waals surface area contributed by atoms with E-state index in [0.717, 1.165) is 22.4 Å². The molecule has 0 spiro atoms. The smallest absolute Gasteiger partial charge is 0.260 e. The Morgan fingerprint density at radius 2 is 1.92 bits per heavy atom. The van der Waals surface area contributed by atoms with Gasteiger partial charge in [0.25, 0.3) is 5.56 Å². The number of imidazole rings is 1. The third kappa shape index (κ3) is 2.36. The quantitative estimate of drug-likeness (QED) is 0.520. The number of para-hydroxylation sites is 2. The van der Waals surface area contributed by atoms with Gasteiger partial charge in [0.2, 0.25) is 0 Å². The third-order valence-electron chi connectivity index (χ3n) is 4.05. The van der Waals surface area contributed by atoms with E-state index in [1.54, 1.807) is 12.3 Å². The van der Waals surface area contributed by atoms with Crippen molar-refractivity contribution in [1.82, 2.24) is 19.9 Å². The van der Waals surface area contributed by atoms with Crippen molar-refractivity contribution in [2.24, 2.45) is 0 Å². The van der Waals surface area contributed by atoms with E-state index in [4.69, 9.17) is 4.42 Å². The molecule has 5 aromatic rings. The molecule has 2 N–H and O–H groups in total. The molecule has 25 heavy (non-hydrogen) atoms. The van der Waals surface area contributed by atoms with Gasteiger partial charge in [0.15, 0.2) is 0 Å². The van der Waals surface area contributed by atoms with Gasteiger partial charge >= 0.3 is 0 Å². The maximum absolute atomic E-state index is 12.6. The van der Waals surface area contributed by atoms with Crippen LogP contribution in [-0.2, 0) is 6.42 Å². The Morgan fingerprint density at radius 1 is 1.04 bits per heavy atom. The monoisotopic (exact) mass is 348 g/mol. The fourth-order valence-electron chi connectivity index (χ4n) is 2.94. The third-order valence-corrected chi connectivity index (χ3v) is 4.93. The standard InChI is InChI=1S/C18H12N4O2S/c23-17-16-10(13-6-3-7-24-13)9-25-18(16)22-15(21-17)8-14-19-11-4-1-2-5-12(11)20-14/h1-7,9H,8H2,(H,19,20)(H,21,22,23). The van der Waals surface area contributed by atoms with E-state index in [1.165, 1.54) is 11.3 Å². The van der Waals surface area contributed by atoms with Gasteiger partial charge in [-0.15, -0.1) is 11.3 Å². The van der Waals surface area contributed by atoms with Crippen LogP contribution in [0.1, 0.15) is 11.6 Å². The van der Waals surface area contributed by atoms with Crippen LogP contribution >= 0.6 is 11.3 Å². The second kappa shape index (κ2) is 5.42. The Morgan fingerprint density at radius 3 is 2.76 bits per heavy atom. The van der Waals surface area contributed by atoms with E-state index < -0.39 is 0 Å². The molecule has 6 nitrogen and oxygen atoms in total. The summed E-state index contributed by atoms with van der Waals surface area (Å²) >= 11 is 1.43. The minimum atomic E-state index is -0.163. The molecule has 5 rings (SSSR count). The van der Waals surface area contributed by atoms with Gasteiger partial charge in [-0.1, -0.05) is 12.1 Å². The lowest BCUT2D eigenvalue weighted by molar-refractivity contribution is 0.583. The lowest BCUT2D eigenvalue weighted by atomic mass is 10.2. The highest BCUT2D eigenvalue weighted by Crippen LogP contribution is 2.30. The van der Waals surface area contributed by atoms with Crippen LogP contribution in [0.25, 0.3) is 32.6 Å². The molecule has 0 radical (unpaired) electrons. The van der Waals surface area contributed by atoms with E-state index in [0.29, 0.717) is 28.2 Å². The van der Waals surface area contributed by atoms with Gasteiger partial charge in [-0.2, -0.15) is 0 Å². The molecule has 0 unspecified atom stereocenters. The SMILES string of the molecule is O=c1[nH]c(Cc2nc3ccccc3[nH]2)nc2scc(-c3ccco3)c12. The van der Waals surface area contributed by atoms with Gasteiger partial charge in [0, 0.05) is 10.9 Å². The Bertz CT molecular complexity index is 1210. The van der Waals surface area contributed by atoms with E-state index in [1.807, 2.05) is 35.7 Å². The molecule has 4 aromatic heterocycles. The summed E-state index contributed by atoms with van der Waals surface area (Å²) in [5, 5.41) is 2.46. The summed E-state index contributed by atoms with van der Waals surface area (Å²) in [4.78, 5) is 28.5. The Kier molecular flexibility index (Phi) is 3.07. The Hall–Kier alpha value is -3.19. The second-order valence-electron chi connectivity index (χ2n) is 5.70. The molecule has 0 amide bonds. The number of benzene rings is 1. The molecule has 0 aliphatic carbocycles. The molecule has 0 aliphatic heterocycles. The van der Waals surface area contributed by atoms with Crippen LogP contribution in [-0.4, -0.2) is 19.9 Å². The first kappa shape index (κ1) is 14.2. The molecule has 0 saturated heterocycles. The highest BCUT2D eigenvalue weighted by Gasteiger charge is 2.15. The van der Waals surface area contributed by atoms with Crippen molar-refractivity contribution in [3.05, 3.63) is 70.0 Å². The van der Waals surface area contributed by atoms with Gasteiger partial charge in [-0.3, -0.25) is 4.79 Å². The number of fused-ring (bicyclic) bond motifs is 2. The zero-order chi connectivity index (χ0) is 16.8. The number of nitrogens with zero attached hydrogens (tertiary/aromatic N) is 2. The van der Waals surface area contributed by atoms with Crippen molar-refractivity contribution in [3.63, 3.8) is 0 Å². The highest BCUT2D eigenvalue weighted by atomic mass is 32.1. The largest absolute Gasteiger partial charge is 0.464 e. The summed E-state index contributed by atoms with van der Waals surface area (Å²) in [6.45, 7) is 0. The zero-order valence-electron chi connectivity index (χ0n) is 12.9. The number of aromatic amines is 2. The molecule has 0 atom stereocenters. The van der Waals surface area contributed by atoms with Crippen LogP contribution in [0, 0.1) is 0 Å². The number of hydrogen-bond acceptors (Lipinski definition) is 5. The van der Waals surface area contributed by atoms with Crippen LogP contribution in [0.5, 0.6) is 0 Å².